The van der Waals surface area contributed by atoms with E-state index < -0.39 is 15.8 Å². The molecule has 1 aliphatic rings. The summed E-state index contributed by atoms with van der Waals surface area (Å²) >= 11 is 0. The molecule has 0 saturated carbocycles. The van der Waals surface area contributed by atoms with Crippen LogP contribution in [0, 0.1) is 11.7 Å². The molecule has 1 saturated heterocycles. The van der Waals surface area contributed by atoms with E-state index in [9.17, 15) is 17.6 Å². The molecule has 0 aliphatic carbocycles. The molecule has 0 radical (unpaired) electrons. The Labute approximate surface area is 159 Å². The molecule has 1 heterocycles. The van der Waals surface area contributed by atoms with Gasteiger partial charge < -0.3 is 5.32 Å². The predicted octanol–water partition coefficient (Wildman–Crippen LogP) is 3.65. The number of carbonyl (C=O) groups excluding carboxylic acids is 1. The monoisotopic (exact) mass is 390 g/mol. The molecule has 2 aromatic rings. The van der Waals surface area contributed by atoms with Crippen molar-refractivity contribution in [1.82, 2.24) is 4.31 Å². The highest BCUT2D eigenvalue weighted by Crippen LogP contribution is 2.26. The third kappa shape index (κ3) is 4.93. The molecule has 0 aromatic heterocycles. The molecule has 1 N–H and O–H groups in total. The Bertz CT molecular complexity index is 887. The molecule has 144 valence electrons. The lowest BCUT2D eigenvalue weighted by atomic mass is 9.94. The number of amides is 1. The third-order valence-electron chi connectivity index (χ3n) is 4.79. The van der Waals surface area contributed by atoms with Crippen molar-refractivity contribution in [1.29, 1.82) is 0 Å². The fourth-order valence-electron chi connectivity index (χ4n) is 3.33. The summed E-state index contributed by atoms with van der Waals surface area (Å²) in [4.78, 5) is 12.4. The summed E-state index contributed by atoms with van der Waals surface area (Å²) in [7, 11) is -3.50. The van der Waals surface area contributed by atoms with E-state index in [0.717, 1.165) is 12.8 Å². The molecule has 0 spiro atoms. The van der Waals surface area contributed by atoms with Gasteiger partial charge in [-0.15, -0.1) is 0 Å². The maximum absolute atomic E-state index is 13.6. The molecule has 1 amide bonds. The number of sulfonamides is 1. The lowest BCUT2D eigenvalue weighted by Gasteiger charge is -2.31. The topological polar surface area (TPSA) is 66.5 Å². The fraction of sp³-hybridized carbons (Fsp3) is 0.350. The number of anilines is 1. The molecule has 7 heteroatoms. The van der Waals surface area contributed by atoms with Gasteiger partial charge in [-0.1, -0.05) is 30.3 Å². The Morgan fingerprint density at radius 2 is 1.81 bits per heavy atom. The van der Waals surface area contributed by atoms with Crippen LogP contribution in [-0.2, 0) is 14.8 Å². The molecule has 2 aromatic carbocycles. The van der Waals surface area contributed by atoms with Crippen molar-refractivity contribution in [3.63, 3.8) is 0 Å². The maximum atomic E-state index is 13.6. The summed E-state index contributed by atoms with van der Waals surface area (Å²) < 4.78 is 40.6. The van der Waals surface area contributed by atoms with Crippen LogP contribution in [0.4, 0.5) is 10.1 Å². The summed E-state index contributed by atoms with van der Waals surface area (Å²) in [6, 6.07) is 14.4. The van der Waals surface area contributed by atoms with Crippen molar-refractivity contribution in [2.45, 2.75) is 30.6 Å². The van der Waals surface area contributed by atoms with Crippen molar-refractivity contribution in [2.24, 2.45) is 5.92 Å². The van der Waals surface area contributed by atoms with Crippen LogP contribution in [0.1, 0.15) is 25.7 Å². The second-order valence-corrected chi connectivity index (χ2v) is 8.69. The van der Waals surface area contributed by atoms with Crippen LogP contribution in [0.5, 0.6) is 0 Å². The summed E-state index contributed by atoms with van der Waals surface area (Å²) in [5.41, 5.74) is 0.166. The van der Waals surface area contributed by atoms with Crippen LogP contribution in [0.15, 0.2) is 59.5 Å². The van der Waals surface area contributed by atoms with Gasteiger partial charge in [0, 0.05) is 19.5 Å². The number of piperidine rings is 1. The molecule has 5 nitrogen and oxygen atoms in total. The lowest BCUT2D eigenvalue weighted by Crippen LogP contribution is -2.40. The van der Waals surface area contributed by atoms with Crippen LogP contribution in [0.3, 0.4) is 0 Å². The van der Waals surface area contributed by atoms with Crippen LogP contribution in [0.25, 0.3) is 0 Å². The summed E-state index contributed by atoms with van der Waals surface area (Å²) in [5, 5.41) is 2.57. The average Bonchev–Trinajstić information content (AvgIpc) is 2.69. The second-order valence-electron chi connectivity index (χ2n) is 6.75. The van der Waals surface area contributed by atoms with Crippen molar-refractivity contribution in [3.05, 3.63) is 60.4 Å². The van der Waals surface area contributed by atoms with E-state index >= 15 is 0 Å². The first kappa shape index (κ1) is 19.5. The Hall–Kier alpha value is -2.25. The first-order chi connectivity index (χ1) is 13.0. The van der Waals surface area contributed by atoms with Gasteiger partial charge in [-0.05, 0) is 49.4 Å². The van der Waals surface area contributed by atoms with E-state index in [1.54, 1.807) is 42.5 Å². The van der Waals surface area contributed by atoms with Crippen molar-refractivity contribution >= 4 is 21.6 Å². The molecule has 0 bridgehead atoms. The van der Waals surface area contributed by atoms with Gasteiger partial charge in [-0.25, -0.2) is 12.8 Å². The number of carbonyl (C=O) groups is 1. The summed E-state index contributed by atoms with van der Waals surface area (Å²) in [6.07, 6.45) is 2.46. The molecule has 3 rings (SSSR count). The van der Waals surface area contributed by atoms with Gasteiger partial charge in [-0.2, -0.15) is 4.31 Å². The number of hydrogen-bond acceptors (Lipinski definition) is 3. The quantitative estimate of drug-likeness (QED) is 0.819. The van der Waals surface area contributed by atoms with E-state index in [4.69, 9.17) is 0 Å². The molecule has 1 aliphatic heterocycles. The van der Waals surface area contributed by atoms with E-state index in [1.165, 1.54) is 16.4 Å². The summed E-state index contributed by atoms with van der Waals surface area (Å²) in [6.45, 7) is 0.902. The number of rotatable bonds is 6. The Morgan fingerprint density at radius 3 is 2.56 bits per heavy atom. The van der Waals surface area contributed by atoms with E-state index in [-0.39, 0.29) is 23.9 Å². The second kappa shape index (κ2) is 8.63. The smallest absolute Gasteiger partial charge is 0.243 e. The molecule has 27 heavy (non-hydrogen) atoms. The molecular formula is C20H23FN2O3S. The number of nitrogens with zero attached hydrogens (tertiary/aromatic N) is 1. The zero-order valence-corrected chi connectivity index (χ0v) is 15.8. The van der Waals surface area contributed by atoms with Gasteiger partial charge in [-0.3, -0.25) is 4.79 Å². The van der Waals surface area contributed by atoms with Gasteiger partial charge in [0.05, 0.1) is 10.6 Å². The zero-order chi connectivity index (χ0) is 19.3. The van der Waals surface area contributed by atoms with Gasteiger partial charge >= 0.3 is 0 Å². The minimum Gasteiger partial charge on any atom is -0.324 e. The molecular weight excluding hydrogens is 367 g/mol. The minimum atomic E-state index is -3.50. The lowest BCUT2D eigenvalue weighted by molar-refractivity contribution is -0.116. The van der Waals surface area contributed by atoms with E-state index in [0.29, 0.717) is 24.4 Å². The highest BCUT2D eigenvalue weighted by atomic mass is 32.2. The average molecular weight is 390 g/mol. The largest absolute Gasteiger partial charge is 0.324 e. The predicted molar refractivity (Wildman–Crippen MR) is 102 cm³/mol. The zero-order valence-electron chi connectivity index (χ0n) is 15.0. The van der Waals surface area contributed by atoms with E-state index in [2.05, 4.69) is 5.32 Å². The van der Waals surface area contributed by atoms with E-state index in [1.807, 2.05) is 0 Å². The van der Waals surface area contributed by atoms with Crippen LogP contribution >= 0.6 is 0 Å². The Balaban J connectivity index is 1.56. The normalized spacial score (nSPS) is 18.2. The maximum Gasteiger partial charge on any atom is 0.243 e. The van der Waals surface area contributed by atoms with Crippen molar-refractivity contribution in [3.8, 4) is 0 Å². The van der Waals surface area contributed by atoms with Gasteiger partial charge in [0.15, 0.2) is 0 Å². The van der Waals surface area contributed by atoms with Crippen LogP contribution < -0.4 is 5.32 Å². The van der Waals surface area contributed by atoms with Gasteiger partial charge in [0.25, 0.3) is 0 Å². The van der Waals surface area contributed by atoms with Crippen LogP contribution in [-0.4, -0.2) is 31.7 Å². The Kier molecular flexibility index (Phi) is 6.23. The Morgan fingerprint density at radius 1 is 1.11 bits per heavy atom. The summed E-state index contributed by atoms with van der Waals surface area (Å²) in [5.74, 6) is -0.615. The highest BCUT2D eigenvalue weighted by molar-refractivity contribution is 7.89. The van der Waals surface area contributed by atoms with Gasteiger partial charge in [0.2, 0.25) is 15.9 Å². The number of benzene rings is 2. The highest BCUT2D eigenvalue weighted by Gasteiger charge is 2.30. The molecule has 1 unspecified atom stereocenters. The SMILES string of the molecule is O=C(CCC1CCCN(S(=O)(=O)c2ccccc2)C1)Nc1ccccc1F. The minimum absolute atomic E-state index is 0.114. The molecule has 1 atom stereocenters. The number of nitrogens with one attached hydrogen (secondary N) is 1. The number of para-hydroxylation sites is 1. The van der Waals surface area contributed by atoms with Gasteiger partial charge in [0.1, 0.15) is 5.82 Å². The first-order valence-electron chi connectivity index (χ1n) is 9.06. The van der Waals surface area contributed by atoms with Crippen molar-refractivity contribution in [2.75, 3.05) is 18.4 Å². The number of hydrogen-bond donors (Lipinski definition) is 1. The third-order valence-corrected chi connectivity index (χ3v) is 6.67. The first-order valence-corrected chi connectivity index (χ1v) is 10.5. The standard InChI is InChI=1S/C20H23FN2O3S/c21-18-10-4-5-11-19(18)22-20(24)13-12-16-7-6-14-23(15-16)27(25,26)17-8-2-1-3-9-17/h1-5,8-11,16H,6-7,12-15H2,(H,22,24). The van der Waals surface area contributed by atoms with Crippen LogP contribution in [0.2, 0.25) is 0 Å². The fourth-order valence-corrected chi connectivity index (χ4v) is 4.91. The number of halogens is 1. The van der Waals surface area contributed by atoms with Crippen molar-refractivity contribution < 1.29 is 17.6 Å². The molecule has 1 fully saturated rings.